The molecular weight excluding hydrogens is 114 g/mol. The van der Waals surface area contributed by atoms with Crippen molar-refractivity contribution in [3.63, 3.8) is 0 Å². The van der Waals surface area contributed by atoms with E-state index in [1.54, 1.807) is 0 Å². The maximum absolute atomic E-state index is 11.1. The Morgan fingerprint density at radius 1 is 1.67 bits per heavy atom. The van der Waals surface area contributed by atoms with E-state index in [1.165, 1.54) is 24.5 Å². The number of hydrogen-bond acceptors (Lipinski definition) is 2. The first-order valence-corrected chi connectivity index (χ1v) is 2.46. The summed E-state index contributed by atoms with van der Waals surface area (Å²) in [6, 6.07) is 2.77. The first kappa shape index (κ1) is 3.11. The van der Waals surface area contributed by atoms with Gasteiger partial charge in [-0.3, -0.25) is 9.78 Å². The van der Waals surface area contributed by atoms with Crippen LogP contribution in [-0.2, 0) is 0 Å². The Hall–Kier alpha value is -1.18. The minimum Gasteiger partial charge on any atom is -0.295 e. The van der Waals surface area contributed by atoms with Gasteiger partial charge in [0.25, 0.3) is 0 Å². The lowest BCUT2D eigenvalue weighted by atomic mass is 10.2. The van der Waals surface area contributed by atoms with E-state index >= 15 is 0 Å². The van der Waals surface area contributed by atoms with E-state index in [2.05, 4.69) is 4.98 Å². The molecule has 1 rings (SSSR count). The van der Waals surface area contributed by atoms with Crippen molar-refractivity contribution in [3.05, 3.63) is 30.1 Å². The summed E-state index contributed by atoms with van der Waals surface area (Å²) in [5.41, 5.74) is 0.171. The number of ketones is 1. The zero-order valence-electron chi connectivity index (χ0n) is 7.66. The van der Waals surface area contributed by atoms with Crippen molar-refractivity contribution in [1.29, 1.82) is 0 Å². The fourth-order valence-corrected chi connectivity index (χ4v) is 0.503. The monoisotopic (exact) mass is 124 g/mol. The molecule has 1 aromatic heterocycles. The number of aromatic nitrogens is 1. The number of carbonyl (C=O) groups is 1. The van der Waals surface area contributed by atoms with E-state index < -0.39 is 12.6 Å². The summed E-state index contributed by atoms with van der Waals surface area (Å²) in [7, 11) is 0. The lowest BCUT2D eigenvalue weighted by Crippen LogP contribution is -1.89. The predicted molar refractivity (Wildman–Crippen MR) is 34.2 cm³/mol. The van der Waals surface area contributed by atoms with Crippen LogP contribution < -0.4 is 0 Å². The Morgan fingerprint density at radius 3 is 2.89 bits per heavy atom. The topological polar surface area (TPSA) is 30.0 Å². The Balaban J connectivity index is 2.94. The first-order valence-electron chi connectivity index (χ1n) is 3.96. The molecule has 46 valence electrons. The third kappa shape index (κ3) is 1.35. The summed E-state index contributed by atoms with van der Waals surface area (Å²) in [5, 5.41) is 0. The SMILES string of the molecule is [2H]C([2H])([2H])C(=O)c1ccncc1. The highest BCUT2D eigenvalue weighted by molar-refractivity contribution is 5.93. The molecule has 0 N–H and O–H groups in total. The van der Waals surface area contributed by atoms with Gasteiger partial charge in [0.2, 0.25) is 0 Å². The van der Waals surface area contributed by atoms with Crippen molar-refractivity contribution < 1.29 is 8.91 Å². The molecule has 0 atom stereocenters. The Bertz CT molecular complexity index is 280. The molecule has 0 aliphatic carbocycles. The number of pyridine rings is 1. The molecule has 0 bridgehead atoms. The minimum atomic E-state index is -2.55. The number of carbonyl (C=O) groups excluding carboxylic acids is 1. The minimum absolute atomic E-state index is 0.171. The number of nitrogens with zero attached hydrogens (tertiary/aromatic N) is 1. The average Bonchev–Trinajstić information content (AvgIpc) is 2.03. The number of rotatable bonds is 1. The van der Waals surface area contributed by atoms with E-state index in [-0.39, 0.29) is 5.56 Å². The fraction of sp³-hybridized carbons (Fsp3) is 0.143. The van der Waals surface area contributed by atoms with Gasteiger partial charge in [0.1, 0.15) is 0 Å². The summed E-state index contributed by atoms with van der Waals surface area (Å²) in [4.78, 5) is 14.7. The van der Waals surface area contributed by atoms with Crippen LogP contribution in [0, 0.1) is 0 Å². The van der Waals surface area contributed by atoms with Crippen molar-refractivity contribution in [3.8, 4) is 0 Å². The van der Waals surface area contributed by atoms with E-state index in [4.69, 9.17) is 4.11 Å². The highest BCUT2D eigenvalue weighted by atomic mass is 16.1. The molecule has 0 saturated heterocycles. The molecule has 9 heavy (non-hydrogen) atoms. The van der Waals surface area contributed by atoms with Gasteiger partial charge in [0.05, 0.1) is 0 Å². The Kier molecular flexibility index (Phi) is 0.827. The molecule has 1 heterocycles. The average molecular weight is 124 g/mol. The molecule has 2 heteroatoms. The van der Waals surface area contributed by atoms with Crippen LogP contribution in [0.15, 0.2) is 24.5 Å². The quantitative estimate of drug-likeness (QED) is 0.528. The van der Waals surface area contributed by atoms with Gasteiger partial charge >= 0.3 is 0 Å². The van der Waals surface area contributed by atoms with Crippen LogP contribution in [0.5, 0.6) is 0 Å². The standard InChI is InChI=1S/C7H7NO/c1-6(9)7-2-4-8-5-3-7/h2-5H,1H3/i1D3. The molecule has 0 aliphatic rings. The van der Waals surface area contributed by atoms with Crippen LogP contribution in [0.25, 0.3) is 0 Å². The molecule has 0 saturated carbocycles. The fourth-order valence-electron chi connectivity index (χ4n) is 0.503. The van der Waals surface area contributed by atoms with Gasteiger partial charge in [0.15, 0.2) is 5.78 Å². The van der Waals surface area contributed by atoms with Gasteiger partial charge in [-0.05, 0) is 19.0 Å². The Morgan fingerprint density at radius 2 is 2.33 bits per heavy atom. The van der Waals surface area contributed by atoms with Gasteiger partial charge in [-0.15, -0.1) is 0 Å². The summed E-state index contributed by atoms with van der Waals surface area (Å²) in [6.07, 6.45) is 2.78. The highest BCUT2D eigenvalue weighted by Gasteiger charge is 1.93. The molecular formula is C7H7NO. The second-order valence-electron chi connectivity index (χ2n) is 1.57. The molecule has 0 spiro atoms. The normalized spacial score (nSPS) is 15.3. The molecule has 0 fully saturated rings. The van der Waals surface area contributed by atoms with Crippen LogP contribution >= 0.6 is 0 Å². The van der Waals surface area contributed by atoms with E-state index in [0.29, 0.717) is 0 Å². The Labute approximate surface area is 57.8 Å². The van der Waals surface area contributed by atoms with E-state index in [9.17, 15) is 4.79 Å². The summed E-state index contributed by atoms with van der Waals surface area (Å²) >= 11 is 0. The summed E-state index contributed by atoms with van der Waals surface area (Å²) in [6.45, 7) is -2.55. The van der Waals surface area contributed by atoms with Crippen LogP contribution in [0.3, 0.4) is 0 Å². The molecule has 1 aromatic rings. The van der Waals surface area contributed by atoms with Gasteiger partial charge < -0.3 is 0 Å². The van der Waals surface area contributed by atoms with Crippen molar-refractivity contribution in [2.75, 3.05) is 0 Å². The van der Waals surface area contributed by atoms with Gasteiger partial charge in [0, 0.05) is 22.1 Å². The molecule has 0 amide bonds. The van der Waals surface area contributed by atoms with Gasteiger partial charge in [-0.2, -0.15) is 0 Å². The second-order valence-corrected chi connectivity index (χ2v) is 1.57. The first-order chi connectivity index (χ1) is 5.52. The molecule has 0 aromatic carbocycles. The third-order valence-electron chi connectivity index (χ3n) is 0.943. The van der Waals surface area contributed by atoms with Gasteiger partial charge in [-0.25, -0.2) is 0 Å². The van der Waals surface area contributed by atoms with Crippen molar-refractivity contribution >= 4 is 5.78 Å². The third-order valence-corrected chi connectivity index (χ3v) is 0.943. The van der Waals surface area contributed by atoms with Crippen LogP contribution in [-0.4, -0.2) is 10.8 Å². The highest BCUT2D eigenvalue weighted by Crippen LogP contribution is 1.95. The van der Waals surface area contributed by atoms with Crippen molar-refractivity contribution in [2.24, 2.45) is 0 Å². The lowest BCUT2D eigenvalue weighted by molar-refractivity contribution is 0.101. The predicted octanol–water partition coefficient (Wildman–Crippen LogP) is 1.28. The van der Waals surface area contributed by atoms with E-state index in [0.717, 1.165) is 0 Å². The summed E-state index contributed by atoms with van der Waals surface area (Å²) < 4.78 is 20.5. The largest absolute Gasteiger partial charge is 0.295 e. The van der Waals surface area contributed by atoms with Crippen LogP contribution in [0.1, 0.15) is 21.3 Å². The zero-order chi connectivity index (χ0) is 9.19. The number of Topliss-reactive ketones (excluding diaryl/α,β-unsaturated/α-hetero) is 1. The van der Waals surface area contributed by atoms with Crippen molar-refractivity contribution in [1.82, 2.24) is 4.98 Å². The molecule has 0 radical (unpaired) electrons. The van der Waals surface area contributed by atoms with Crippen LogP contribution in [0.2, 0.25) is 0 Å². The smallest absolute Gasteiger partial charge is 0.159 e. The second kappa shape index (κ2) is 2.40. The van der Waals surface area contributed by atoms with E-state index in [1.807, 2.05) is 0 Å². The maximum atomic E-state index is 11.1. The van der Waals surface area contributed by atoms with Gasteiger partial charge in [-0.1, -0.05) is 0 Å². The van der Waals surface area contributed by atoms with Crippen molar-refractivity contribution in [2.45, 2.75) is 6.85 Å². The molecule has 2 nitrogen and oxygen atoms in total. The maximum Gasteiger partial charge on any atom is 0.159 e. The lowest BCUT2D eigenvalue weighted by Gasteiger charge is -1.88. The molecule has 0 aliphatic heterocycles. The van der Waals surface area contributed by atoms with Crippen LogP contribution in [0.4, 0.5) is 0 Å². The summed E-state index contributed by atoms with van der Waals surface area (Å²) in [5.74, 6) is -0.843. The molecule has 0 unspecified atom stereocenters. The number of hydrogen-bond donors (Lipinski definition) is 0. The zero-order valence-corrected chi connectivity index (χ0v) is 4.66.